The van der Waals surface area contributed by atoms with Gasteiger partial charge >= 0.3 is 0 Å². The Morgan fingerprint density at radius 3 is 2.24 bits per heavy atom. The Hall–Kier alpha value is -1.89. The van der Waals surface area contributed by atoms with Crippen LogP contribution >= 0.6 is 11.8 Å². The molecule has 1 rings (SSSR count). The lowest BCUT2D eigenvalue weighted by Gasteiger charge is -2.17. The molecule has 0 radical (unpaired) electrons. The number of rotatable bonds is 9. The van der Waals surface area contributed by atoms with Gasteiger partial charge < -0.3 is 14.2 Å². The summed E-state index contributed by atoms with van der Waals surface area (Å²) in [6, 6.07) is 3.48. The van der Waals surface area contributed by atoms with Crippen LogP contribution in [0.15, 0.2) is 24.8 Å². The molecule has 0 spiro atoms. The van der Waals surface area contributed by atoms with Crippen molar-refractivity contribution in [3.05, 3.63) is 40.5 Å². The van der Waals surface area contributed by atoms with Crippen molar-refractivity contribution in [3.63, 3.8) is 0 Å². The SMILES string of the molecule is C=CCSC(C[N+](=O)[O-])c1cc(OC)c(OC)c(OC)c1. The molecule has 1 aromatic rings. The molecule has 7 heteroatoms. The first-order valence-corrected chi connectivity index (χ1v) is 7.26. The van der Waals surface area contributed by atoms with Crippen molar-refractivity contribution in [2.24, 2.45) is 0 Å². The fourth-order valence-electron chi connectivity index (χ4n) is 1.86. The van der Waals surface area contributed by atoms with Gasteiger partial charge in [0.1, 0.15) is 0 Å². The number of methoxy groups -OCH3 is 3. The Kier molecular flexibility index (Phi) is 6.87. The molecule has 116 valence electrons. The van der Waals surface area contributed by atoms with Gasteiger partial charge in [-0.1, -0.05) is 6.08 Å². The van der Waals surface area contributed by atoms with E-state index in [0.29, 0.717) is 23.0 Å². The number of ether oxygens (including phenoxy) is 3. The van der Waals surface area contributed by atoms with Crippen LogP contribution in [0.1, 0.15) is 10.8 Å². The third-order valence-corrected chi connectivity index (χ3v) is 4.04. The summed E-state index contributed by atoms with van der Waals surface area (Å²) >= 11 is 1.44. The average molecular weight is 313 g/mol. The Balaban J connectivity index is 3.22. The molecule has 0 bridgehead atoms. The predicted molar refractivity (Wildman–Crippen MR) is 83.4 cm³/mol. The molecule has 0 amide bonds. The molecular weight excluding hydrogens is 294 g/mol. The fraction of sp³-hybridized carbons (Fsp3) is 0.429. The van der Waals surface area contributed by atoms with Crippen LogP contribution in [0.5, 0.6) is 17.2 Å². The molecule has 0 aliphatic heterocycles. The van der Waals surface area contributed by atoms with Crippen LogP contribution < -0.4 is 14.2 Å². The summed E-state index contributed by atoms with van der Waals surface area (Å²) in [4.78, 5) is 10.5. The van der Waals surface area contributed by atoms with Crippen LogP contribution in [0, 0.1) is 10.1 Å². The summed E-state index contributed by atoms with van der Waals surface area (Å²) in [5.74, 6) is 2.06. The maximum Gasteiger partial charge on any atom is 0.219 e. The van der Waals surface area contributed by atoms with E-state index < -0.39 is 0 Å². The average Bonchev–Trinajstić information content (AvgIpc) is 2.49. The molecule has 0 fully saturated rings. The van der Waals surface area contributed by atoms with E-state index in [-0.39, 0.29) is 16.7 Å². The van der Waals surface area contributed by atoms with Crippen molar-refractivity contribution in [3.8, 4) is 17.2 Å². The second-order valence-corrected chi connectivity index (χ2v) is 5.32. The smallest absolute Gasteiger partial charge is 0.219 e. The summed E-state index contributed by atoms with van der Waals surface area (Å²) in [5, 5.41) is 10.5. The van der Waals surface area contributed by atoms with E-state index in [0.717, 1.165) is 5.56 Å². The zero-order chi connectivity index (χ0) is 15.8. The van der Waals surface area contributed by atoms with Gasteiger partial charge in [0.25, 0.3) is 0 Å². The van der Waals surface area contributed by atoms with Gasteiger partial charge in [0.2, 0.25) is 12.3 Å². The van der Waals surface area contributed by atoms with Gasteiger partial charge in [-0.3, -0.25) is 10.1 Å². The van der Waals surface area contributed by atoms with E-state index >= 15 is 0 Å². The highest BCUT2D eigenvalue weighted by molar-refractivity contribution is 7.99. The van der Waals surface area contributed by atoms with Crippen molar-refractivity contribution in [1.82, 2.24) is 0 Å². The second kappa shape index (κ2) is 8.41. The zero-order valence-electron chi connectivity index (χ0n) is 12.3. The second-order valence-electron chi connectivity index (χ2n) is 4.08. The monoisotopic (exact) mass is 313 g/mol. The highest BCUT2D eigenvalue weighted by atomic mass is 32.2. The molecule has 6 nitrogen and oxygen atoms in total. The molecule has 1 unspecified atom stereocenters. The van der Waals surface area contributed by atoms with E-state index in [1.165, 1.54) is 33.1 Å². The number of benzene rings is 1. The van der Waals surface area contributed by atoms with Crippen molar-refractivity contribution in [2.75, 3.05) is 33.6 Å². The van der Waals surface area contributed by atoms with Gasteiger partial charge in [-0.15, -0.1) is 18.3 Å². The first-order chi connectivity index (χ1) is 10.1. The van der Waals surface area contributed by atoms with E-state index in [9.17, 15) is 10.1 Å². The van der Waals surface area contributed by atoms with Gasteiger partial charge in [-0.25, -0.2) is 0 Å². The molecule has 0 saturated heterocycles. The van der Waals surface area contributed by atoms with Crippen molar-refractivity contribution in [2.45, 2.75) is 5.25 Å². The quantitative estimate of drug-likeness (QED) is 0.396. The summed E-state index contributed by atoms with van der Waals surface area (Å²) in [5.41, 5.74) is 0.757. The normalized spacial score (nSPS) is 11.6. The third-order valence-electron chi connectivity index (χ3n) is 2.79. The van der Waals surface area contributed by atoms with Crippen molar-refractivity contribution < 1.29 is 19.1 Å². The lowest BCUT2D eigenvalue weighted by atomic mass is 10.1. The van der Waals surface area contributed by atoms with E-state index in [1.54, 1.807) is 18.2 Å². The van der Waals surface area contributed by atoms with Gasteiger partial charge in [0.05, 0.1) is 26.6 Å². The molecule has 0 heterocycles. The van der Waals surface area contributed by atoms with Gasteiger partial charge in [-0.05, 0) is 17.7 Å². The minimum absolute atomic E-state index is 0.183. The van der Waals surface area contributed by atoms with E-state index in [2.05, 4.69) is 6.58 Å². The molecule has 1 atom stereocenters. The van der Waals surface area contributed by atoms with Crippen molar-refractivity contribution >= 4 is 11.8 Å². The molecular formula is C14H19NO5S. The number of nitro groups is 1. The lowest BCUT2D eigenvalue weighted by Crippen LogP contribution is -2.11. The first kappa shape index (κ1) is 17.2. The summed E-state index contributed by atoms with van der Waals surface area (Å²) in [7, 11) is 4.54. The van der Waals surface area contributed by atoms with Gasteiger partial charge in [0.15, 0.2) is 11.5 Å². The highest BCUT2D eigenvalue weighted by Gasteiger charge is 2.22. The number of nitrogens with zero attached hydrogens (tertiary/aromatic N) is 1. The molecule has 0 saturated carbocycles. The summed E-state index contributed by atoms with van der Waals surface area (Å²) in [6.45, 7) is 3.46. The van der Waals surface area contributed by atoms with Crippen LogP contribution in [0.3, 0.4) is 0 Å². The fourth-order valence-corrected chi connectivity index (χ4v) is 2.79. The number of hydrogen-bond donors (Lipinski definition) is 0. The van der Waals surface area contributed by atoms with Crippen LogP contribution in [0.25, 0.3) is 0 Å². The van der Waals surface area contributed by atoms with E-state index in [1.807, 2.05) is 0 Å². The highest BCUT2D eigenvalue weighted by Crippen LogP contribution is 2.42. The van der Waals surface area contributed by atoms with Crippen LogP contribution in [-0.4, -0.2) is 38.6 Å². The summed E-state index contributed by atoms with van der Waals surface area (Å²) in [6.07, 6.45) is 1.72. The van der Waals surface area contributed by atoms with Crippen LogP contribution in [0.4, 0.5) is 0 Å². The molecule has 0 N–H and O–H groups in total. The van der Waals surface area contributed by atoms with Gasteiger partial charge in [0, 0.05) is 10.7 Å². The zero-order valence-corrected chi connectivity index (χ0v) is 13.1. The minimum atomic E-state index is -0.329. The maximum absolute atomic E-state index is 10.9. The molecule has 0 aromatic heterocycles. The van der Waals surface area contributed by atoms with Crippen molar-refractivity contribution in [1.29, 1.82) is 0 Å². The molecule has 0 aliphatic carbocycles. The number of thioether (sulfide) groups is 1. The largest absolute Gasteiger partial charge is 0.493 e. The van der Waals surface area contributed by atoms with Gasteiger partial charge in [-0.2, -0.15) is 0 Å². The van der Waals surface area contributed by atoms with Crippen LogP contribution in [-0.2, 0) is 0 Å². The van der Waals surface area contributed by atoms with Crippen LogP contribution in [0.2, 0.25) is 0 Å². The lowest BCUT2D eigenvalue weighted by molar-refractivity contribution is -0.479. The standard InChI is InChI=1S/C14H19NO5S/c1-5-6-21-13(9-15(16)17)10-7-11(18-2)14(20-4)12(8-10)19-3/h5,7-8,13H,1,6,9H2,2-4H3. The maximum atomic E-state index is 10.9. The molecule has 1 aromatic carbocycles. The third kappa shape index (κ3) is 4.56. The Labute approximate surface area is 128 Å². The topological polar surface area (TPSA) is 70.8 Å². The summed E-state index contributed by atoms with van der Waals surface area (Å²) < 4.78 is 15.8. The Morgan fingerprint density at radius 1 is 1.29 bits per heavy atom. The first-order valence-electron chi connectivity index (χ1n) is 6.21. The molecule has 21 heavy (non-hydrogen) atoms. The minimum Gasteiger partial charge on any atom is -0.493 e. The Bertz CT molecular complexity index is 481. The molecule has 0 aliphatic rings. The van der Waals surface area contributed by atoms with E-state index in [4.69, 9.17) is 14.2 Å². The Morgan fingerprint density at radius 2 is 1.86 bits per heavy atom. The predicted octanol–water partition coefficient (Wildman–Crippen LogP) is 2.95. The number of hydrogen-bond acceptors (Lipinski definition) is 6.